The summed E-state index contributed by atoms with van der Waals surface area (Å²) in [5.41, 5.74) is 0.478. The molecule has 2 aromatic rings. The summed E-state index contributed by atoms with van der Waals surface area (Å²) in [5.74, 6) is 0.589. The molecule has 2 rings (SSSR count). The zero-order chi connectivity index (χ0) is 11.5. The molecule has 84 valence electrons. The van der Waals surface area contributed by atoms with Crippen molar-refractivity contribution in [1.82, 2.24) is 9.55 Å². The van der Waals surface area contributed by atoms with Crippen molar-refractivity contribution in [3.8, 4) is 0 Å². The van der Waals surface area contributed by atoms with Crippen LogP contribution in [0.2, 0.25) is 0 Å². The lowest BCUT2D eigenvalue weighted by Crippen LogP contribution is -2.06. The van der Waals surface area contributed by atoms with Crippen LogP contribution >= 0.6 is 15.9 Å². The van der Waals surface area contributed by atoms with Gasteiger partial charge < -0.3 is 9.88 Å². The highest BCUT2D eigenvalue weighted by Gasteiger charge is 2.03. The van der Waals surface area contributed by atoms with Crippen LogP contribution in [0, 0.1) is 5.82 Å². The van der Waals surface area contributed by atoms with Gasteiger partial charge in [0.25, 0.3) is 0 Å². The second-order valence-corrected chi connectivity index (χ2v) is 4.35. The van der Waals surface area contributed by atoms with Crippen LogP contribution in [0.25, 0.3) is 0 Å². The van der Waals surface area contributed by atoms with E-state index in [9.17, 15) is 4.39 Å². The number of aryl methyl sites for hydroxylation is 1. The van der Waals surface area contributed by atoms with Crippen molar-refractivity contribution in [3.63, 3.8) is 0 Å². The molecule has 0 radical (unpaired) electrons. The highest BCUT2D eigenvalue weighted by Crippen LogP contribution is 2.19. The molecule has 5 heteroatoms. The number of rotatable bonds is 3. The van der Waals surface area contributed by atoms with Gasteiger partial charge in [0.15, 0.2) is 0 Å². The minimum atomic E-state index is -0.274. The zero-order valence-electron chi connectivity index (χ0n) is 8.74. The molecule has 0 atom stereocenters. The quantitative estimate of drug-likeness (QED) is 0.939. The Balaban J connectivity index is 2.08. The number of nitrogens with one attached hydrogen (secondary N) is 1. The van der Waals surface area contributed by atoms with E-state index in [0.717, 1.165) is 10.3 Å². The molecule has 1 heterocycles. The first-order chi connectivity index (χ1) is 7.66. The smallest absolute Gasteiger partial charge is 0.147 e. The lowest BCUT2D eigenvalue weighted by Gasteiger charge is -2.07. The van der Waals surface area contributed by atoms with Crippen LogP contribution in [-0.4, -0.2) is 9.55 Å². The highest BCUT2D eigenvalue weighted by molar-refractivity contribution is 9.10. The third-order valence-electron chi connectivity index (χ3n) is 2.29. The van der Waals surface area contributed by atoms with E-state index in [0.29, 0.717) is 12.2 Å². The van der Waals surface area contributed by atoms with Gasteiger partial charge in [-0.3, -0.25) is 0 Å². The topological polar surface area (TPSA) is 29.9 Å². The minimum absolute atomic E-state index is 0.274. The van der Waals surface area contributed by atoms with Crippen molar-refractivity contribution >= 4 is 21.6 Å². The molecule has 1 aromatic carbocycles. The third-order valence-corrected chi connectivity index (χ3v) is 2.78. The average molecular weight is 284 g/mol. The summed E-state index contributed by atoms with van der Waals surface area (Å²) in [7, 11) is 1.90. The monoisotopic (exact) mass is 283 g/mol. The van der Waals surface area contributed by atoms with Gasteiger partial charge in [-0.15, -0.1) is 0 Å². The van der Waals surface area contributed by atoms with E-state index in [-0.39, 0.29) is 5.82 Å². The lowest BCUT2D eigenvalue weighted by molar-refractivity contribution is 0.628. The molecule has 0 amide bonds. The summed E-state index contributed by atoms with van der Waals surface area (Å²) in [5, 5.41) is 3.00. The maximum Gasteiger partial charge on any atom is 0.147 e. The van der Waals surface area contributed by atoms with Gasteiger partial charge in [-0.2, -0.15) is 0 Å². The van der Waals surface area contributed by atoms with Crippen LogP contribution in [-0.2, 0) is 13.6 Å². The summed E-state index contributed by atoms with van der Waals surface area (Å²) in [4.78, 5) is 4.15. The summed E-state index contributed by atoms with van der Waals surface area (Å²) < 4.78 is 16.1. The predicted molar refractivity (Wildman–Crippen MR) is 64.6 cm³/mol. The number of imidazole rings is 1. The zero-order valence-corrected chi connectivity index (χ0v) is 10.3. The van der Waals surface area contributed by atoms with Crippen LogP contribution in [0.4, 0.5) is 10.1 Å². The van der Waals surface area contributed by atoms with E-state index in [1.165, 1.54) is 6.07 Å². The van der Waals surface area contributed by atoms with E-state index in [4.69, 9.17) is 0 Å². The molecule has 0 saturated heterocycles. The second-order valence-electron chi connectivity index (χ2n) is 3.43. The summed E-state index contributed by atoms with van der Waals surface area (Å²) in [6, 6.07) is 4.92. The first kappa shape index (κ1) is 11.1. The number of nitrogens with zero attached hydrogens (tertiary/aromatic N) is 2. The fourth-order valence-electron chi connectivity index (χ4n) is 1.37. The fourth-order valence-corrected chi connectivity index (χ4v) is 1.71. The number of halogens is 2. The number of hydrogen-bond donors (Lipinski definition) is 1. The van der Waals surface area contributed by atoms with Gasteiger partial charge in [-0.1, -0.05) is 15.9 Å². The maximum atomic E-state index is 13.5. The van der Waals surface area contributed by atoms with E-state index >= 15 is 0 Å². The van der Waals surface area contributed by atoms with E-state index in [1.54, 1.807) is 18.3 Å². The first-order valence-electron chi connectivity index (χ1n) is 4.82. The normalized spacial score (nSPS) is 10.4. The number of anilines is 1. The number of aromatic nitrogens is 2. The van der Waals surface area contributed by atoms with Gasteiger partial charge in [-0.25, -0.2) is 9.37 Å². The van der Waals surface area contributed by atoms with Crippen molar-refractivity contribution in [3.05, 3.63) is 46.7 Å². The van der Waals surface area contributed by atoms with Crippen LogP contribution in [0.3, 0.4) is 0 Å². The van der Waals surface area contributed by atoms with Gasteiger partial charge in [0, 0.05) is 23.9 Å². The summed E-state index contributed by atoms with van der Waals surface area (Å²) in [6.07, 6.45) is 3.57. The molecule has 0 fully saturated rings. The second kappa shape index (κ2) is 4.65. The molecule has 0 aliphatic rings. The van der Waals surface area contributed by atoms with Crippen molar-refractivity contribution in [2.75, 3.05) is 5.32 Å². The molecule has 0 aliphatic carbocycles. The highest BCUT2D eigenvalue weighted by atomic mass is 79.9. The Bertz CT molecular complexity index is 496. The van der Waals surface area contributed by atoms with Crippen molar-refractivity contribution in [2.24, 2.45) is 7.05 Å². The Labute approximate surface area is 101 Å². The molecular formula is C11H11BrFN3. The Kier molecular flexibility index (Phi) is 3.24. The van der Waals surface area contributed by atoms with Crippen molar-refractivity contribution in [1.29, 1.82) is 0 Å². The Morgan fingerprint density at radius 2 is 2.31 bits per heavy atom. The van der Waals surface area contributed by atoms with Crippen LogP contribution in [0.5, 0.6) is 0 Å². The fraction of sp³-hybridized carbons (Fsp3) is 0.182. The van der Waals surface area contributed by atoms with Gasteiger partial charge >= 0.3 is 0 Å². The summed E-state index contributed by atoms with van der Waals surface area (Å²) in [6.45, 7) is 0.502. The lowest BCUT2D eigenvalue weighted by atomic mass is 10.3. The average Bonchev–Trinajstić information content (AvgIpc) is 2.63. The molecule has 1 aromatic heterocycles. The molecule has 0 unspecified atom stereocenters. The molecule has 0 aliphatic heterocycles. The number of benzene rings is 1. The molecule has 1 N–H and O–H groups in total. The Morgan fingerprint density at radius 1 is 1.50 bits per heavy atom. The predicted octanol–water partition coefficient (Wildman–Crippen LogP) is 2.93. The summed E-state index contributed by atoms with van der Waals surface area (Å²) >= 11 is 3.21. The SMILES string of the molecule is Cn1ccnc1CNc1ccc(Br)cc1F. The maximum absolute atomic E-state index is 13.5. The molecular weight excluding hydrogens is 273 g/mol. The largest absolute Gasteiger partial charge is 0.375 e. The van der Waals surface area contributed by atoms with E-state index in [2.05, 4.69) is 26.2 Å². The molecule has 0 bridgehead atoms. The first-order valence-corrected chi connectivity index (χ1v) is 5.61. The van der Waals surface area contributed by atoms with E-state index in [1.807, 2.05) is 17.8 Å². The third kappa shape index (κ3) is 2.41. The molecule has 16 heavy (non-hydrogen) atoms. The van der Waals surface area contributed by atoms with Gasteiger partial charge in [0.2, 0.25) is 0 Å². The van der Waals surface area contributed by atoms with Gasteiger partial charge in [0.1, 0.15) is 11.6 Å². The number of hydrogen-bond acceptors (Lipinski definition) is 2. The van der Waals surface area contributed by atoms with Gasteiger partial charge in [-0.05, 0) is 18.2 Å². The van der Waals surface area contributed by atoms with Crippen LogP contribution < -0.4 is 5.32 Å². The molecule has 3 nitrogen and oxygen atoms in total. The van der Waals surface area contributed by atoms with Crippen LogP contribution in [0.1, 0.15) is 5.82 Å². The standard InChI is InChI=1S/C11H11BrFN3/c1-16-5-4-14-11(16)7-15-10-3-2-8(12)6-9(10)13/h2-6,15H,7H2,1H3. The Hall–Kier alpha value is -1.36. The minimum Gasteiger partial charge on any atom is -0.375 e. The van der Waals surface area contributed by atoms with Crippen LogP contribution in [0.15, 0.2) is 35.1 Å². The molecule has 0 spiro atoms. The van der Waals surface area contributed by atoms with Crippen molar-refractivity contribution < 1.29 is 4.39 Å². The van der Waals surface area contributed by atoms with Gasteiger partial charge in [0.05, 0.1) is 12.2 Å². The Morgan fingerprint density at radius 3 is 2.94 bits per heavy atom. The van der Waals surface area contributed by atoms with Crippen molar-refractivity contribution in [2.45, 2.75) is 6.54 Å². The molecule has 0 saturated carbocycles. The van der Waals surface area contributed by atoms with E-state index < -0.39 is 0 Å².